The van der Waals surface area contributed by atoms with E-state index in [9.17, 15) is 9.18 Å². The molecule has 0 bridgehead atoms. The van der Waals surface area contributed by atoms with E-state index in [0.717, 1.165) is 18.4 Å². The van der Waals surface area contributed by atoms with Crippen LogP contribution >= 0.6 is 0 Å². The second-order valence-electron chi connectivity index (χ2n) is 4.43. The number of nitrogens with one attached hydrogen (secondary N) is 1. The molecule has 1 amide bonds. The molecule has 1 fully saturated rings. The summed E-state index contributed by atoms with van der Waals surface area (Å²) in [4.78, 5) is 11.7. The molecule has 1 aromatic rings. The summed E-state index contributed by atoms with van der Waals surface area (Å²) >= 11 is 0. The molecule has 1 saturated carbocycles. The third-order valence-corrected chi connectivity index (χ3v) is 3.13. The average molecular weight is 233 g/mol. The van der Waals surface area contributed by atoms with Crippen LogP contribution in [0.3, 0.4) is 0 Å². The van der Waals surface area contributed by atoms with Crippen LogP contribution in [0.5, 0.6) is 0 Å². The molecule has 1 aliphatic rings. The Morgan fingerprint density at radius 3 is 2.88 bits per heavy atom. The van der Waals surface area contributed by atoms with Crippen LogP contribution in [0, 0.1) is 5.82 Å². The molecule has 90 valence electrons. The third kappa shape index (κ3) is 2.93. The van der Waals surface area contributed by atoms with Gasteiger partial charge in [-0.1, -0.05) is 18.7 Å². The van der Waals surface area contributed by atoms with Crippen LogP contribution in [0.2, 0.25) is 0 Å². The second kappa shape index (κ2) is 5.13. The highest BCUT2D eigenvalue weighted by molar-refractivity contribution is 5.79. The highest BCUT2D eigenvalue weighted by Crippen LogP contribution is 2.18. The Labute approximate surface area is 101 Å². The number of hydrogen-bond donors (Lipinski definition) is 1. The molecule has 1 N–H and O–H groups in total. The number of halogens is 1. The Morgan fingerprint density at radius 1 is 1.53 bits per heavy atom. The molecule has 17 heavy (non-hydrogen) atoms. The van der Waals surface area contributed by atoms with E-state index in [0.29, 0.717) is 11.6 Å². The summed E-state index contributed by atoms with van der Waals surface area (Å²) in [6, 6.07) is 4.99. The molecule has 0 aromatic heterocycles. The zero-order valence-corrected chi connectivity index (χ0v) is 9.71. The van der Waals surface area contributed by atoms with E-state index in [2.05, 4.69) is 11.9 Å². The van der Waals surface area contributed by atoms with Gasteiger partial charge in [0.05, 0.1) is 6.42 Å². The van der Waals surface area contributed by atoms with Gasteiger partial charge in [-0.3, -0.25) is 4.79 Å². The Balaban J connectivity index is 2.00. The van der Waals surface area contributed by atoms with E-state index < -0.39 is 0 Å². The van der Waals surface area contributed by atoms with Gasteiger partial charge in [0.2, 0.25) is 5.91 Å². The largest absolute Gasteiger partial charge is 0.353 e. The maximum atomic E-state index is 13.5. The number of rotatable bonds is 4. The lowest BCUT2D eigenvalue weighted by molar-refractivity contribution is -0.121. The summed E-state index contributed by atoms with van der Waals surface area (Å²) < 4.78 is 13.5. The lowest BCUT2D eigenvalue weighted by Crippen LogP contribution is -2.40. The van der Waals surface area contributed by atoms with Gasteiger partial charge in [0.15, 0.2) is 0 Å². The second-order valence-corrected chi connectivity index (χ2v) is 4.43. The SMILES string of the molecule is C=Cc1ccc(F)c(CC(=O)NC2CCC2)c1. The van der Waals surface area contributed by atoms with E-state index in [-0.39, 0.29) is 18.1 Å². The quantitative estimate of drug-likeness (QED) is 0.851. The molecule has 0 radical (unpaired) electrons. The summed E-state index contributed by atoms with van der Waals surface area (Å²) in [6.45, 7) is 3.63. The molecular formula is C14H16FNO. The topological polar surface area (TPSA) is 29.1 Å². The van der Waals surface area contributed by atoms with Gasteiger partial charge >= 0.3 is 0 Å². The number of carbonyl (C=O) groups excluding carboxylic acids is 1. The van der Waals surface area contributed by atoms with Crippen molar-refractivity contribution in [3.63, 3.8) is 0 Å². The zero-order chi connectivity index (χ0) is 12.3. The van der Waals surface area contributed by atoms with Crippen molar-refractivity contribution in [1.29, 1.82) is 0 Å². The number of benzene rings is 1. The van der Waals surface area contributed by atoms with Gasteiger partial charge in [-0.15, -0.1) is 0 Å². The van der Waals surface area contributed by atoms with E-state index >= 15 is 0 Å². The predicted molar refractivity (Wildman–Crippen MR) is 66.0 cm³/mol. The summed E-state index contributed by atoms with van der Waals surface area (Å²) in [7, 11) is 0. The maximum Gasteiger partial charge on any atom is 0.224 e. The normalized spacial score (nSPS) is 15.1. The van der Waals surface area contributed by atoms with Crippen molar-refractivity contribution >= 4 is 12.0 Å². The van der Waals surface area contributed by atoms with Crippen molar-refractivity contribution < 1.29 is 9.18 Å². The van der Waals surface area contributed by atoms with E-state index in [1.54, 1.807) is 18.2 Å². The maximum absolute atomic E-state index is 13.5. The van der Waals surface area contributed by atoms with Crippen LogP contribution in [-0.4, -0.2) is 11.9 Å². The molecule has 0 atom stereocenters. The van der Waals surface area contributed by atoms with Gasteiger partial charge < -0.3 is 5.32 Å². The zero-order valence-electron chi connectivity index (χ0n) is 9.71. The van der Waals surface area contributed by atoms with Crippen LogP contribution in [0.4, 0.5) is 4.39 Å². The molecule has 1 aromatic carbocycles. The van der Waals surface area contributed by atoms with Crippen molar-refractivity contribution in [3.8, 4) is 0 Å². The summed E-state index contributed by atoms with van der Waals surface area (Å²) in [5, 5.41) is 2.90. The highest BCUT2D eigenvalue weighted by Gasteiger charge is 2.19. The number of carbonyl (C=O) groups is 1. The third-order valence-electron chi connectivity index (χ3n) is 3.13. The summed E-state index contributed by atoms with van der Waals surface area (Å²) in [5.41, 5.74) is 1.26. The van der Waals surface area contributed by atoms with Crippen LogP contribution in [0.25, 0.3) is 6.08 Å². The molecule has 0 saturated heterocycles. The molecule has 0 unspecified atom stereocenters. The molecule has 0 spiro atoms. The molecule has 3 heteroatoms. The van der Waals surface area contributed by atoms with Crippen molar-refractivity contribution in [2.45, 2.75) is 31.7 Å². The number of hydrogen-bond acceptors (Lipinski definition) is 1. The van der Waals surface area contributed by atoms with Gasteiger partial charge in [0.25, 0.3) is 0 Å². The summed E-state index contributed by atoms with van der Waals surface area (Å²) in [5.74, 6) is -0.436. The minimum absolute atomic E-state index is 0.101. The molecule has 2 rings (SSSR count). The lowest BCUT2D eigenvalue weighted by atomic mass is 9.93. The molecule has 0 heterocycles. The standard InChI is InChI=1S/C14H16FNO/c1-2-10-6-7-13(15)11(8-10)9-14(17)16-12-4-3-5-12/h2,6-8,12H,1,3-5,9H2,(H,16,17). The van der Waals surface area contributed by atoms with Crippen molar-refractivity contribution in [2.24, 2.45) is 0 Å². The first-order valence-electron chi connectivity index (χ1n) is 5.89. The van der Waals surface area contributed by atoms with Gasteiger partial charge in [-0.05, 0) is 42.5 Å². The lowest BCUT2D eigenvalue weighted by Gasteiger charge is -2.26. The van der Waals surface area contributed by atoms with E-state index in [4.69, 9.17) is 0 Å². The monoisotopic (exact) mass is 233 g/mol. The molecule has 0 aliphatic heterocycles. The Morgan fingerprint density at radius 2 is 2.29 bits per heavy atom. The van der Waals surface area contributed by atoms with Crippen LogP contribution in [-0.2, 0) is 11.2 Å². The Hall–Kier alpha value is -1.64. The first-order valence-corrected chi connectivity index (χ1v) is 5.89. The number of amides is 1. The fraction of sp³-hybridized carbons (Fsp3) is 0.357. The van der Waals surface area contributed by atoms with Gasteiger partial charge in [0.1, 0.15) is 5.82 Å². The first-order chi connectivity index (χ1) is 8.19. The minimum atomic E-state index is -0.334. The Bertz CT molecular complexity index is 438. The van der Waals surface area contributed by atoms with Gasteiger partial charge in [-0.25, -0.2) is 4.39 Å². The minimum Gasteiger partial charge on any atom is -0.353 e. The van der Waals surface area contributed by atoms with Crippen molar-refractivity contribution in [2.75, 3.05) is 0 Å². The fourth-order valence-corrected chi connectivity index (χ4v) is 1.86. The first kappa shape index (κ1) is 11.8. The fourth-order valence-electron chi connectivity index (χ4n) is 1.86. The van der Waals surface area contributed by atoms with Gasteiger partial charge in [0, 0.05) is 6.04 Å². The van der Waals surface area contributed by atoms with Gasteiger partial charge in [-0.2, -0.15) is 0 Å². The molecule has 1 aliphatic carbocycles. The highest BCUT2D eigenvalue weighted by atomic mass is 19.1. The Kier molecular flexibility index (Phi) is 3.57. The van der Waals surface area contributed by atoms with Crippen LogP contribution in [0.1, 0.15) is 30.4 Å². The molecule has 2 nitrogen and oxygen atoms in total. The smallest absolute Gasteiger partial charge is 0.224 e. The van der Waals surface area contributed by atoms with E-state index in [1.807, 2.05) is 0 Å². The molecular weight excluding hydrogens is 217 g/mol. The van der Waals surface area contributed by atoms with Crippen molar-refractivity contribution in [3.05, 3.63) is 41.7 Å². The van der Waals surface area contributed by atoms with E-state index in [1.165, 1.54) is 12.5 Å². The summed E-state index contributed by atoms with van der Waals surface area (Å²) in [6.07, 6.45) is 5.00. The average Bonchev–Trinajstić information content (AvgIpc) is 2.27. The van der Waals surface area contributed by atoms with Crippen LogP contribution in [0.15, 0.2) is 24.8 Å². The van der Waals surface area contributed by atoms with Crippen molar-refractivity contribution in [1.82, 2.24) is 5.32 Å². The van der Waals surface area contributed by atoms with Crippen LogP contribution < -0.4 is 5.32 Å². The predicted octanol–water partition coefficient (Wildman–Crippen LogP) is 2.68.